The molecule has 1 rings (SSSR count). The molecule has 0 bridgehead atoms. The van der Waals surface area contributed by atoms with Crippen molar-refractivity contribution in [1.82, 2.24) is 5.32 Å². The Morgan fingerprint density at radius 2 is 1.91 bits per heavy atom. The van der Waals surface area contributed by atoms with Gasteiger partial charge < -0.3 is 5.32 Å². The minimum absolute atomic E-state index is 0.288. The fourth-order valence-electron chi connectivity index (χ4n) is 1.55. The van der Waals surface area contributed by atoms with Gasteiger partial charge in [-0.15, -0.1) is 0 Å². The second kappa shape index (κ2) is 2.16. The van der Waals surface area contributed by atoms with E-state index in [1.54, 1.807) is 6.92 Å². The highest BCUT2D eigenvalue weighted by molar-refractivity contribution is 5.83. The number of hydrogen-bond acceptors (Lipinski definition) is 1. The lowest BCUT2D eigenvalue weighted by Crippen LogP contribution is -2.52. The van der Waals surface area contributed by atoms with Crippen LogP contribution in [0.15, 0.2) is 0 Å². The zero-order chi connectivity index (χ0) is 8.70. The number of amides is 1. The van der Waals surface area contributed by atoms with Gasteiger partial charge in [-0.2, -0.15) is 0 Å². The molecule has 1 aliphatic rings. The summed E-state index contributed by atoms with van der Waals surface area (Å²) >= 11 is 0. The van der Waals surface area contributed by atoms with Crippen LogP contribution in [0.25, 0.3) is 0 Å². The quantitative estimate of drug-likeness (QED) is 0.617. The van der Waals surface area contributed by atoms with Crippen LogP contribution in [0, 0.1) is 5.41 Å². The zero-order valence-corrected chi connectivity index (χ0v) is 6.58. The van der Waals surface area contributed by atoms with Crippen LogP contribution in [-0.2, 0) is 4.79 Å². The molecule has 1 N–H and O–H groups in total. The van der Waals surface area contributed by atoms with Crippen LogP contribution in [-0.4, -0.2) is 18.9 Å². The minimum atomic E-state index is -2.62. The van der Waals surface area contributed by atoms with E-state index in [1.807, 2.05) is 0 Å². The standard InChI is InChI=1S/C7H11F2NO/c1-6(5(11)10-2)3-7(8,9)4-6/h3-4H2,1-2H3,(H,10,11). The molecule has 0 atom stereocenters. The van der Waals surface area contributed by atoms with Crippen molar-refractivity contribution >= 4 is 5.91 Å². The van der Waals surface area contributed by atoms with Gasteiger partial charge in [0.05, 0.1) is 5.41 Å². The van der Waals surface area contributed by atoms with Crippen LogP contribution in [0.3, 0.4) is 0 Å². The molecule has 0 spiro atoms. The van der Waals surface area contributed by atoms with Crippen LogP contribution in [0.5, 0.6) is 0 Å². The van der Waals surface area contributed by atoms with Gasteiger partial charge in [0.1, 0.15) is 0 Å². The molecule has 1 fully saturated rings. The monoisotopic (exact) mass is 163 g/mol. The molecule has 1 saturated carbocycles. The fourth-order valence-corrected chi connectivity index (χ4v) is 1.55. The van der Waals surface area contributed by atoms with Crippen molar-refractivity contribution in [3.8, 4) is 0 Å². The van der Waals surface area contributed by atoms with Gasteiger partial charge in [-0.25, -0.2) is 8.78 Å². The van der Waals surface area contributed by atoms with E-state index in [2.05, 4.69) is 5.32 Å². The molecule has 0 heterocycles. The smallest absolute Gasteiger partial charge is 0.250 e. The summed E-state index contributed by atoms with van der Waals surface area (Å²) in [5.41, 5.74) is -0.835. The molecule has 0 unspecified atom stereocenters. The first kappa shape index (κ1) is 8.43. The normalized spacial score (nSPS) is 25.5. The maximum atomic E-state index is 12.4. The van der Waals surface area contributed by atoms with E-state index in [4.69, 9.17) is 0 Å². The summed E-state index contributed by atoms with van der Waals surface area (Å²) in [4.78, 5) is 11.0. The summed E-state index contributed by atoms with van der Waals surface area (Å²) < 4.78 is 24.7. The Morgan fingerprint density at radius 3 is 2.18 bits per heavy atom. The summed E-state index contributed by atoms with van der Waals surface area (Å²) in [6.07, 6.45) is -0.640. The lowest BCUT2D eigenvalue weighted by molar-refractivity contribution is -0.174. The second-order valence-corrected chi connectivity index (χ2v) is 3.35. The van der Waals surface area contributed by atoms with E-state index >= 15 is 0 Å². The van der Waals surface area contributed by atoms with Gasteiger partial charge in [-0.1, -0.05) is 6.92 Å². The predicted molar refractivity (Wildman–Crippen MR) is 36.4 cm³/mol. The molecule has 4 heteroatoms. The molecule has 0 aromatic carbocycles. The highest BCUT2D eigenvalue weighted by atomic mass is 19.3. The van der Waals surface area contributed by atoms with Crippen molar-refractivity contribution in [3.05, 3.63) is 0 Å². The Bertz CT molecular complexity index is 183. The van der Waals surface area contributed by atoms with Crippen LogP contribution < -0.4 is 5.32 Å². The maximum Gasteiger partial charge on any atom is 0.250 e. The van der Waals surface area contributed by atoms with Crippen molar-refractivity contribution in [2.75, 3.05) is 7.05 Å². The van der Waals surface area contributed by atoms with Gasteiger partial charge in [0.15, 0.2) is 0 Å². The summed E-state index contributed by atoms with van der Waals surface area (Å²) in [5.74, 6) is -2.91. The average Bonchev–Trinajstić information content (AvgIpc) is 1.81. The summed E-state index contributed by atoms with van der Waals surface area (Å²) in [7, 11) is 1.46. The third kappa shape index (κ3) is 1.34. The van der Waals surface area contributed by atoms with Crippen molar-refractivity contribution in [3.63, 3.8) is 0 Å². The Kier molecular flexibility index (Phi) is 1.65. The minimum Gasteiger partial charge on any atom is -0.359 e. The number of halogens is 2. The number of hydrogen-bond donors (Lipinski definition) is 1. The van der Waals surface area contributed by atoms with Crippen LogP contribution in [0.4, 0.5) is 8.78 Å². The van der Waals surface area contributed by atoms with Gasteiger partial charge >= 0.3 is 0 Å². The maximum absolute atomic E-state index is 12.4. The highest BCUT2D eigenvalue weighted by Crippen LogP contribution is 2.51. The summed E-state index contributed by atoms with van der Waals surface area (Å²) in [6, 6.07) is 0. The largest absolute Gasteiger partial charge is 0.359 e. The lowest BCUT2D eigenvalue weighted by atomic mass is 9.67. The molecule has 0 radical (unpaired) electrons. The fraction of sp³-hybridized carbons (Fsp3) is 0.857. The average molecular weight is 163 g/mol. The van der Waals surface area contributed by atoms with E-state index in [-0.39, 0.29) is 18.7 Å². The Labute approximate surface area is 64.0 Å². The molecule has 64 valence electrons. The SMILES string of the molecule is CNC(=O)C1(C)CC(F)(F)C1. The van der Waals surface area contributed by atoms with Gasteiger partial charge in [-0.05, 0) is 0 Å². The molecular weight excluding hydrogens is 152 g/mol. The lowest BCUT2D eigenvalue weighted by Gasteiger charge is -2.42. The van der Waals surface area contributed by atoms with Crippen molar-refractivity contribution in [2.45, 2.75) is 25.7 Å². The zero-order valence-electron chi connectivity index (χ0n) is 6.58. The Hall–Kier alpha value is -0.670. The molecule has 0 aliphatic heterocycles. The van der Waals surface area contributed by atoms with Crippen LogP contribution in [0.1, 0.15) is 19.8 Å². The third-order valence-corrected chi connectivity index (χ3v) is 2.07. The van der Waals surface area contributed by atoms with E-state index in [1.165, 1.54) is 7.05 Å². The van der Waals surface area contributed by atoms with Crippen molar-refractivity contribution < 1.29 is 13.6 Å². The molecule has 2 nitrogen and oxygen atoms in total. The van der Waals surface area contributed by atoms with Gasteiger partial charge in [0.2, 0.25) is 11.8 Å². The number of rotatable bonds is 1. The van der Waals surface area contributed by atoms with Crippen molar-refractivity contribution in [2.24, 2.45) is 5.41 Å². The highest BCUT2D eigenvalue weighted by Gasteiger charge is 2.57. The summed E-state index contributed by atoms with van der Waals surface area (Å²) in [5, 5.41) is 2.37. The molecule has 0 aromatic rings. The molecular formula is C7H11F2NO. The van der Waals surface area contributed by atoms with E-state index < -0.39 is 11.3 Å². The second-order valence-electron chi connectivity index (χ2n) is 3.35. The van der Waals surface area contributed by atoms with E-state index in [0.29, 0.717) is 0 Å². The molecule has 11 heavy (non-hydrogen) atoms. The first-order valence-electron chi connectivity index (χ1n) is 3.50. The topological polar surface area (TPSA) is 29.1 Å². The van der Waals surface area contributed by atoms with Gasteiger partial charge in [0, 0.05) is 19.9 Å². The third-order valence-electron chi connectivity index (χ3n) is 2.07. The van der Waals surface area contributed by atoms with E-state index in [9.17, 15) is 13.6 Å². The first-order chi connectivity index (χ1) is 4.90. The predicted octanol–water partition coefficient (Wildman–Crippen LogP) is 1.17. The Morgan fingerprint density at radius 1 is 1.45 bits per heavy atom. The van der Waals surface area contributed by atoms with Crippen LogP contribution >= 0.6 is 0 Å². The first-order valence-corrected chi connectivity index (χ1v) is 3.50. The molecule has 0 aromatic heterocycles. The number of carbonyl (C=O) groups is 1. The number of carbonyl (C=O) groups excluding carboxylic acids is 1. The van der Waals surface area contributed by atoms with E-state index in [0.717, 1.165) is 0 Å². The number of alkyl halides is 2. The molecule has 1 aliphatic carbocycles. The van der Waals surface area contributed by atoms with Gasteiger partial charge in [-0.3, -0.25) is 4.79 Å². The van der Waals surface area contributed by atoms with Gasteiger partial charge in [0.25, 0.3) is 0 Å². The Balaban J connectivity index is 2.56. The summed E-state index contributed by atoms with van der Waals surface area (Å²) in [6.45, 7) is 1.56. The van der Waals surface area contributed by atoms with Crippen molar-refractivity contribution in [1.29, 1.82) is 0 Å². The van der Waals surface area contributed by atoms with Crippen LogP contribution in [0.2, 0.25) is 0 Å². The molecule has 1 amide bonds. The molecule has 0 saturated heterocycles. The number of nitrogens with one attached hydrogen (secondary N) is 1.